The summed E-state index contributed by atoms with van der Waals surface area (Å²) in [5.74, 6) is -0.318. The van der Waals surface area contributed by atoms with Crippen LogP contribution in [0.4, 0.5) is 4.39 Å². The third-order valence-corrected chi connectivity index (χ3v) is 4.35. The minimum Gasteiger partial charge on any atom is -0.347 e. The smallest absolute Gasteiger partial charge is 0.142 e. The van der Waals surface area contributed by atoms with E-state index in [1.165, 1.54) is 6.20 Å². The van der Waals surface area contributed by atoms with Crippen LogP contribution in [0.1, 0.15) is 31.4 Å². The van der Waals surface area contributed by atoms with Crippen LogP contribution in [-0.2, 0) is 11.3 Å². The Bertz CT molecular complexity index is 854. The molecule has 2 heterocycles. The zero-order chi connectivity index (χ0) is 16.9. The lowest BCUT2D eigenvalue weighted by molar-refractivity contribution is -0.107. The summed E-state index contributed by atoms with van der Waals surface area (Å²) < 4.78 is 15.9. The molecule has 1 aromatic carbocycles. The Morgan fingerprint density at radius 3 is 2.83 bits per heavy atom. The lowest BCUT2D eigenvalue weighted by Gasteiger charge is -2.04. The zero-order valence-corrected chi connectivity index (χ0v) is 13.8. The average Bonchev–Trinajstić information content (AvgIpc) is 2.96. The van der Waals surface area contributed by atoms with Crippen LogP contribution in [0.5, 0.6) is 0 Å². The van der Waals surface area contributed by atoms with E-state index in [0.717, 1.165) is 59.8 Å². The number of unbranched alkanes of at least 4 members (excludes halogenated alkanes) is 3. The van der Waals surface area contributed by atoms with Crippen molar-refractivity contribution in [3.05, 3.63) is 54.2 Å². The van der Waals surface area contributed by atoms with Crippen LogP contribution in [0.2, 0.25) is 0 Å². The molecule has 0 aliphatic carbocycles. The number of para-hydroxylation sites is 1. The molecule has 2 aromatic heterocycles. The number of nitrogens with zero attached hydrogens (tertiary/aromatic N) is 2. The summed E-state index contributed by atoms with van der Waals surface area (Å²) in [5, 5.41) is 1.11. The van der Waals surface area contributed by atoms with Gasteiger partial charge in [-0.05, 0) is 31.9 Å². The maximum Gasteiger partial charge on any atom is 0.142 e. The number of aldehydes is 1. The number of aromatic nitrogens is 2. The Morgan fingerprint density at radius 1 is 1.17 bits per heavy atom. The van der Waals surface area contributed by atoms with Gasteiger partial charge in [-0.1, -0.05) is 24.6 Å². The van der Waals surface area contributed by atoms with Crippen molar-refractivity contribution in [2.45, 2.75) is 39.2 Å². The molecule has 3 nitrogen and oxygen atoms in total. The van der Waals surface area contributed by atoms with Crippen molar-refractivity contribution in [2.75, 3.05) is 0 Å². The van der Waals surface area contributed by atoms with Gasteiger partial charge in [0.25, 0.3) is 0 Å². The maximum absolute atomic E-state index is 13.7. The molecule has 0 N–H and O–H groups in total. The minimum atomic E-state index is -0.318. The highest BCUT2D eigenvalue weighted by atomic mass is 19.1. The first-order chi connectivity index (χ1) is 11.7. The van der Waals surface area contributed by atoms with Crippen molar-refractivity contribution in [2.24, 2.45) is 0 Å². The highest BCUT2D eigenvalue weighted by Crippen LogP contribution is 2.32. The largest absolute Gasteiger partial charge is 0.347 e. The Kier molecular flexibility index (Phi) is 5.04. The number of carbonyl (C=O) groups is 1. The van der Waals surface area contributed by atoms with E-state index >= 15 is 0 Å². The van der Waals surface area contributed by atoms with Crippen LogP contribution in [0.25, 0.3) is 22.0 Å². The van der Waals surface area contributed by atoms with E-state index in [2.05, 4.69) is 27.9 Å². The van der Waals surface area contributed by atoms with Gasteiger partial charge in [-0.2, -0.15) is 0 Å². The summed E-state index contributed by atoms with van der Waals surface area (Å²) in [6.07, 6.45) is 7.93. The molecule has 24 heavy (non-hydrogen) atoms. The second-order valence-corrected chi connectivity index (χ2v) is 6.06. The third kappa shape index (κ3) is 3.37. The Labute approximate surface area is 141 Å². The first kappa shape index (κ1) is 16.4. The van der Waals surface area contributed by atoms with Crippen molar-refractivity contribution >= 4 is 17.2 Å². The molecule has 0 bridgehead atoms. The SMILES string of the molecule is Cc1ncc(F)cc1-c1cn(CCCCCC=O)c2ccccc12. The van der Waals surface area contributed by atoms with Gasteiger partial charge in [-0.25, -0.2) is 4.39 Å². The summed E-state index contributed by atoms with van der Waals surface area (Å²) in [4.78, 5) is 14.5. The third-order valence-electron chi connectivity index (χ3n) is 4.35. The molecule has 0 fully saturated rings. The molecule has 4 heteroatoms. The molecule has 0 spiro atoms. The lowest BCUT2D eigenvalue weighted by Crippen LogP contribution is -1.96. The number of pyridine rings is 1. The predicted molar refractivity (Wildman–Crippen MR) is 94.4 cm³/mol. The summed E-state index contributed by atoms with van der Waals surface area (Å²) >= 11 is 0. The number of benzene rings is 1. The highest BCUT2D eigenvalue weighted by molar-refractivity contribution is 5.96. The quantitative estimate of drug-likeness (QED) is 0.457. The second-order valence-electron chi connectivity index (χ2n) is 6.06. The molecule has 3 rings (SSSR count). The van der Waals surface area contributed by atoms with Gasteiger partial charge >= 0.3 is 0 Å². The Hall–Kier alpha value is -2.49. The predicted octanol–water partition coefficient (Wildman–Crippen LogP) is 4.91. The standard InChI is InChI=1S/C20H21FN2O/c1-15-18(12-16(21)13-22-15)19-14-23(10-6-2-3-7-11-24)20-9-5-4-8-17(19)20/h4-5,8-9,11-14H,2-3,6-7,10H2,1H3. The van der Waals surface area contributed by atoms with E-state index in [0.29, 0.717) is 6.42 Å². The summed E-state index contributed by atoms with van der Waals surface area (Å²) in [6.45, 7) is 2.79. The van der Waals surface area contributed by atoms with Crippen LogP contribution in [0.3, 0.4) is 0 Å². The van der Waals surface area contributed by atoms with E-state index in [4.69, 9.17) is 0 Å². The highest BCUT2D eigenvalue weighted by Gasteiger charge is 2.13. The molecule has 0 aliphatic rings. The normalized spacial score (nSPS) is 11.1. The number of halogens is 1. The van der Waals surface area contributed by atoms with Gasteiger partial charge in [0, 0.05) is 46.9 Å². The molecule has 3 aromatic rings. The van der Waals surface area contributed by atoms with Gasteiger partial charge in [0.15, 0.2) is 0 Å². The molecule has 0 radical (unpaired) electrons. The summed E-state index contributed by atoms with van der Waals surface area (Å²) in [5.41, 5.74) is 3.82. The molecule has 0 saturated heterocycles. The molecule has 0 aliphatic heterocycles. The van der Waals surface area contributed by atoms with Gasteiger partial charge in [0.05, 0.1) is 6.20 Å². The van der Waals surface area contributed by atoms with E-state index in [1.54, 1.807) is 6.07 Å². The van der Waals surface area contributed by atoms with Gasteiger partial charge in [-0.15, -0.1) is 0 Å². The molecular weight excluding hydrogens is 303 g/mol. The van der Waals surface area contributed by atoms with Gasteiger partial charge in [-0.3, -0.25) is 4.98 Å². The van der Waals surface area contributed by atoms with Crippen LogP contribution >= 0.6 is 0 Å². The lowest BCUT2D eigenvalue weighted by atomic mass is 10.0. The van der Waals surface area contributed by atoms with Crippen molar-refractivity contribution in [1.29, 1.82) is 0 Å². The molecule has 124 valence electrons. The maximum atomic E-state index is 13.7. The minimum absolute atomic E-state index is 0.318. The van der Waals surface area contributed by atoms with Crippen molar-refractivity contribution in [1.82, 2.24) is 9.55 Å². The fourth-order valence-electron chi connectivity index (χ4n) is 3.11. The van der Waals surface area contributed by atoms with Crippen LogP contribution in [0.15, 0.2) is 42.7 Å². The molecular formula is C20H21FN2O. The van der Waals surface area contributed by atoms with E-state index in [1.807, 2.05) is 19.1 Å². The first-order valence-electron chi connectivity index (χ1n) is 8.34. The first-order valence-corrected chi connectivity index (χ1v) is 8.34. The Balaban J connectivity index is 1.94. The van der Waals surface area contributed by atoms with E-state index < -0.39 is 0 Å². The summed E-state index contributed by atoms with van der Waals surface area (Å²) in [6, 6.07) is 9.73. The second kappa shape index (κ2) is 7.39. The van der Waals surface area contributed by atoms with Gasteiger partial charge in [0.1, 0.15) is 12.1 Å². The number of aryl methyl sites for hydroxylation is 2. The number of fused-ring (bicyclic) bond motifs is 1. The van der Waals surface area contributed by atoms with Crippen LogP contribution in [-0.4, -0.2) is 15.8 Å². The molecule has 0 unspecified atom stereocenters. The average molecular weight is 324 g/mol. The van der Waals surface area contributed by atoms with Crippen molar-refractivity contribution < 1.29 is 9.18 Å². The fraction of sp³-hybridized carbons (Fsp3) is 0.300. The topological polar surface area (TPSA) is 34.9 Å². The van der Waals surface area contributed by atoms with Crippen molar-refractivity contribution in [3.8, 4) is 11.1 Å². The van der Waals surface area contributed by atoms with Crippen molar-refractivity contribution in [3.63, 3.8) is 0 Å². The fourth-order valence-corrected chi connectivity index (χ4v) is 3.11. The monoisotopic (exact) mass is 324 g/mol. The number of rotatable bonds is 7. The number of hydrogen-bond acceptors (Lipinski definition) is 2. The number of carbonyl (C=O) groups excluding carboxylic acids is 1. The molecule has 0 atom stereocenters. The van der Waals surface area contributed by atoms with Crippen LogP contribution in [0, 0.1) is 12.7 Å². The Morgan fingerprint density at radius 2 is 2.00 bits per heavy atom. The number of hydrogen-bond donors (Lipinski definition) is 0. The van der Waals surface area contributed by atoms with Gasteiger partial charge in [0.2, 0.25) is 0 Å². The summed E-state index contributed by atoms with van der Waals surface area (Å²) in [7, 11) is 0. The molecule has 0 amide bonds. The van der Waals surface area contributed by atoms with E-state index in [9.17, 15) is 9.18 Å². The zero-order valence-electron chi connectivity index (χ0n) is 13.8. The van der Waals surface area contributed by atoms with E-state index in [-0.39, 0.29) is 5.82 Å². The van der Waals surface area contributed by atoms with Gasteiger partial charge < -0.3 is 9.36 Å². The van der Waals surface area contributed by atoms with Crippen LogP contribution < -0.4 is 0 Å². The molecule has 0 saturated carbocycles.